The van der Waals surface area contributed by atoms with Gasteiger partial charge in [-0.1, -0.05) is 19.1 Å². The van der Waals surface area contributed by atoms with Crippen LogP contribution in [0.1, 0.15) is 31.2 Å². The number of nitrogens with one attached hydrogen (secondary N) is 2. The van der Waals surface area contributed by atoms with Crippen LogP contribution < -0.4 is 15.4 Å². The number of unbranched alkanes of at least 4 members (excludes halogenated alkanes) is 1. The number of hydrogen-bond acceptors (Lipinski definition) is 4. The molecule has 2 N–H and O–H groups in total. The van der Waals surface area contributed by atoms with Gasteiger partial charge in [0.15, 0.2) is 5.96 Å². The molecule has 0 aliphatic heterocycles. The first-order valence-corrected chi connectivity index (χ1v) is 9.21. The van der Waals surface area contributed by atoms with Crippen LogP contribution in [-0.2, 0) is 19.4 Å². The Morgan fingerprint density at radius 3 is 2.62 bits per heavy atom. The van der Waals surface area contributed by atoms with Gasteiger partial charge in [0, 0.05) is 33.1 Å². The van der Waals surface area contributed by atoms with E-state index in [9.17, 15) is 0 Å². The predicted octanol–water partition coefficient (Wildman–Crippen LogP) is 2.04. The van der Waals surface area contributed by atoms with E-state index >= 15 is 0 Å². The van der Waals surface area contributed by atoms with E-state index < -0.39 is 0 Å². The second-order valence-corrected chi connectivity index (χ2v) is 6.03. The van der Waals surface area contributed by atoms with E-state index in [1.54, 1.807) is 20.5 Å². The van der Waals surface area contributed by atoms with Gasteiger partial charge in [-0.3, -0.25) is 4.99 Å². The van der Waals surface area contributed by atoms with Gasteiger partial charge in [-0.15, -0.1) is 10.2 Å². The molecule has 0 atom stereocenters. The summed E-state index contributed by atoms with van der Waals surface area (Å²) in [4.78, 5) is 4.26. The van der Waals surface area contributed by atoms with Crippen LogP contribution in [0.25, 0.3) is 0 Å². The minimum Gasteiger partial charge on any atom is -0.497 e. The lowest BCUT2D eigenvalue weighted by Crippen LogP contribution is -2.39. The Labute approximate surface area is 155 Å². The molecule has 0 spiro atoms. The van der Waals surface area contributed by atoms with Crippen molar-refractivity contribution in [3.05, 3.63) is 42.0 Å². The lowest BCUT2D eigenvalue weighted by Gasteiger charge is -2.12. The average Bonchev–Trinajstić information content (AvgIpc) is 3.14. The summed E-state index contributed by atoms with van der Waals surface area (Å²) < 4.78 is 7.25. The molecular formula is C19H30N6O. The van der Waals surface area contributed by atoms with Gasteiger partial charge in [-0.05, 0) is 37.0 Å². The van der Waals surface area contributed by atoms with Crippen molar-refractivity contribution in [1.29, 1.82) is 0 Å². The molecule has 0 saturated heterocycles. The third-order valence-corrected chi connectivity index (χ3v) is 4.22. The Hall–Kier alpha value is -2.57. The number of aliphatic imine (C=N–C) groups is 1. The molecule has 2 aromatic rings. The third-order valence-electron chi connectivity index (χ3n) is 4.22. The molecule has 0 aliphatic rings. The van der Waals surface area contributed by atoms with Gasteiger partial charge in [0.05, 0.1) is 7.11 Å². The van der Waals surface area contributed by atoms with Crippen LogP contribution in [0.2, 0.25) is 0 Å². The summed E-state index contributed by atoms with van der Waals surface area (Å²) in [6, 6.07) is 8.28. The second kappa shape index (κ2) is 11.1. The van der Waals surface area contributed by atoms with Gasteiger partial charge in [-0.25, -0.2) is 0 Å². The Bertz CT molecular complexity index is 665. The molecular weight excluding hydrogens is 328 g/mol. The van der Waals surface area contributed by atoms with E-state index in [0.29, 0.717) is 0 Å². The second-order valence-electron chi connectivity index (χ2n) is 6.03. The van der Waals surface area contributed by atoms with Crippen molar-refractivity contribution in [1.82, 2.24) is 25.4 Å². The van der Waals surface area contributed by atoms with Crippen molar-refractivity contribution in [3.8, 4) is 5.75 Å². The summed E-state index contributed by atoms with van der Waals surface area (Å²) in [6.45, 7) is 4.61. The highest BCUT2D eigenvalue weighted by molar-refractivity contribution is 5.79. The van der Waals surface area contributed by atoms with Crippen LogP contribution in [0.5, 0.6) is 5.75 Å². The smallest absolute Gasteiger partial charge is 0.191 e. The maximum atomic E-state index is 5.18. The molecule has 7 nitrogen and oxygen atoms in total. The van der Waals surface area contributed by atoms with E-state index in [-0.39, 0.29) is 0 Å². The van der Waals surface area contributed by atoms with Crippen molar-refractivity contribution < 1.29 is 4.74 Å². The molecule has 0 saturated carbocycles. The molecule has 142 valence electrons. The number of aryl methyl sites for hydroxylation is 2. The number of rotatable bonds is 10. The van der Waals surface area contributed by atoms with E-state index in [1.165, 1.54) is 5.56 Å². The largest absolute Gasteiger partial charge is 0.497 e. The highest BCUT2D eigenvalue weighted by Gasteiger charge is 2.02. The van der Waals surface area contributed by atoms with Crippen LogP contribution in [-0.4, -0.2) is 48.0 Å². The molecule has 7 heteroatoms. The predicted molar refractivity (Wildman–Crippen MR) is 105 cm³/mol. The first-order chi connectivity index (χ1) is 12.8. The van der Waals surface area contributed by atoms with E-state index in [0.717, 1.165) is 62.9 Å². The monoisotopic (exact) mass is 358 g/mol. The number of benzene rings is 1. The van der Waals surface area contributed by atoms with Crippen molar-refractivity contribution in [3.63, 3.8) is 0 Å². The topological polar surface area (TPSA) is 76.4 Å². The van der Waals surface area contributed by atoms with Gasteiger partial charge in [0.25, 0.3) is 0 Å². The zero-order valence-corrected chi connectivity index (χ0v) is 16.0. The van der Waals surface area contributed by atoms with Crippen LogP contribution in [0.15, 0.2) is 35.6 Å². The summed E-state index contributed by atoms with van der Waals surface area (Å²) in [7, 11) is 3.49. The van der Waals surface area contributed by atoms with E-state index in [1.807, 2.05) is 12.1 Å². The number of guanidine groups is 1. The normalized spacial score (nSPS) is 11.4. The molecule has 0 fully saturated rings. The Morgan fingerprint density at radius 2 is 1.92 bits per heavy atom. The Balaban J connectivity index is 1.59. The maximum Gasteiger partial charge on any atom is 0.191 e. The van der Waals surface area contributed by atoms with Crippen LogP contribution in [0, 0.1) is 0 Å². The highest BCUT2D eigenvalue weighted by atomic mass is 16.5. The molecule has 0 unspecified atom stereocenters. The Kier molecular flexibility index (Phi) is 8.45. The molecule has 1 heterocycles. The van der Waals surface area contributed by atoms with E-state index in [2.05, 4.69) is 49.4 Å². The minimum atomic E-state index is 0.788. The maximum absolute atomic E-state index is 5.18. The van der Waals surface area contributed by atoms with Crippen molar-refractivity contribution in [2.24, 2.45) is 4.99 Å². The average molecular weight is 358 g/mol. The lowest BCUT2D eigenvalue weighted by atomic mass is 10.1. The number of nitrogens with zero attached hydrogens (tertiary/aromatic N) is 4. The van der Waals surface area contributed by atoms with Gasteiger partial charge in [-0.2, -0.15) is 0 Å². The van der Waals surface area contributed by atoms with E-state index in [4.69, 9.17) is 4.74 Å². The fourth-order valence-electron chi connectivity index (χ4n) is 2.71. The quantitative estimate of drug-likeness (QED) is 0.386. The minimum absolute atomic E-state index is 0.788. The summed E-state index contributed by atoms with van der Waals surface area (Å²) in [5.74, 6) is 2.75. The molecule has 0 radical (unpaired) electrons. The fraction of sp³-hybridized carbons (Fsp3) is 0.526. The molecule has 0 bridgehead atoms. The number of methoxy groups -OCH3 is 1. The third kappa shape index (κ3) is 6.38. The van der Waals surface area contributed by atoms with Crippen molar-refractivity contribution >= 4 is 5.96 Å². The van der Waals surface area contributed by atoms with Crippen LogP contribution in [0.3, 0.4) is 0 Å². The summed E-state index contributed by atoms with van der Waals surface area (Å²) >= 11 is 0. The number of aromatic nitrogens is 3. The molecule has 0 aliphatic carbocycles. The SMILES string of the molecule is CCc1nncn1CCNC(=NC)NCCCCc1ccc(OC)cc1. The lowest BCUT2D eigenvalue weighted by molar-refractivity contribution is 0.414. The van der Waals surface area contributed by atoms with Gasteiger partial charge in [0.2, 0.25) is 0 Å². The first kappa shape index (κ1) is 19.8. The molecule has 2 rings (SSSR count). The highest BCUT2D eigenvalue weighted by Crippen LogP contribution is 2.12. The first-order valence-electron chi connectivity index (χ1n) is 9.21. The van der Waals surface area contributed by atoms with Crippen LogP contribution >= 0.6 is 0 Å². The standard InChI is InChI=1S/C19H30N6O/c1-4-18-24-23-15-25(18)14-13-22-19(20-2)21-12-6-5-7-16-8-10-17(26-3)11-9-16/h8-11,15H,4-7,12-14H2,1-3H3,(H2,20,21,22). The zero-order chi connectivity index (χ0) is 18.6. The summed E-state index contributed by atoms with van der Waals surface area (Å²) in [6.07, 6.45) is 5.97. The zero-order valence-electron chi connectivity index (χ0n) is 16.0. The molecule has 1 aromatic carbocycles. The number of hydrogen-bond donors (Lipinski definition) is 2. The van der Waals surface area contributed by atoms with Crippen molar-refractivity contribution in [2.45, 2.75) is 39.2 Å². The molecule has 26 heavy (non-hydrogen) atoms. The Morgan fingerprint density at radius 1 is 1.15 bits per heavy atom. The van der Waals surface area contributed by atoms with Gasteiger partial charge in [0.1, 0.15) is 17.9 Å². The van der Waals surface area contributed by atoms with Crippen LogP contribution in [0.4, 0.5) is 0 Å². The van der Waals surface area contributed by atoms with Gasteiger partial charge < -0.3 is 19.9 Å². The van der Waals surface area contributed by atoms with Gasteiger partial charge >= 0.3 is 0 Å². The van der Waals surface area contributed by atoms with Crippen molar-refractivity contribution in [2.75, 3.05) is 27.2 Å². The molecule has 1 aromatic heterocycles. The molecule has 0 amide bonds. The summed E-state index contributed by atoms with van der Waals surface area (Å²) in [5.41, 5.74) is 1.34. The summed E-state index contributed by atoms with van der Waals surface area (Å²) in [5, 5.41) is 14.7. The fourth-order valence-corrected chi connectivity index (χ4v) is 2.71. The number of ether oxygens (including phenoxy) is 1.